The Morgan fingerprint density at radius 3 is 2.57 bits per heavy atom. The molecule has 0 fully saturated rings. The van der Waals surface area contributed by atoms with Gasteiger partial charge < -0.3 is 0 Å². The minimum absolute atomic E-state index is 0.588. The first kappa shape index (κ1) is 4.46. The van der Waals surface area contributed by atoms with Crippen molar-refractivity contribution >= 4 is 0 Å². The zero-order valence-electron chi connectivity index (χ0n) is 4.44. The van der Waals surface area contributed by atoms with Crippen LogP contribution in [0.5, 0.6) is 0 Å². The molecule has 0 radical (unpaired) electrons. The van der Waals surface area contributed by atoms with E-state index in [0.29, 0.717) is 5.92 Å². The SMILES string of the molecule is CC=CC1C#CC1. The fourth-order valence-corrected chi connectivity index (χ4v) is 0.568. The molecule has 0 aromatic rings. The maximum Gasteiger partial charge on any atom is 0.0491 e. The summed E-state index contributed by atoms with van der Waals surface area (Å²) >= 11 is 0. The number of rotatable bonds is 1. The zero-order valence-corrected chi connectivity index (χ0v) is 4.44. The summed E-state index contributed by atoms with van der Waals surface area (Å²) in [6.45, 7) is 2.03. The summed E-state index contributed by atoms with van der Waals surface area (Å²) in [5.41, 5.74) is 0. The molecule has 0 bridgehead atoms. The lowest BCUT2D eigenvalue weighted by atomic mass is 9.99. The van der Waals surface area contributed by atoms with Crippen LogP contribution in [0.15, 0.2) is 12.2 Å². The quantitative estimate of drug-likeness (QED) is 0.340. The van der Waals surface area contributed by atoms with Gasteiger partial charge in [-0.15, -0.1) is 5.92 Å². The van der Waals surface area contributed by atoms with Crippen molar-refractivity contribution in [1.29, 1.82) is 0 Å². The number of hydrogen-bond donors (Lipinski definition) is 0. The van der Waals surface area contributed by atoms with Gasteiger partial charge in [-0.25, -0.2) is 0 Å². The average Bonchev–Trinajstić information content (AvgIpc) is 1.55. The molecule has 1 unspecified atom stereocenters. The topological polar surface area (TPSA) is 0 Å². The molecule has 1 aliphatic rings. The van der Waals surface area contributed by atoms with Crippen LogP contribution in [0.2, 0.25) is 0 Å². The second-order valence-electron chi connectivity index (χ2n) is 1.66. The van der Waals surface area contributed by atoms with E-state index in [4.69, 9.17) is 0 Å². The van der Waals surface area contributed by atoms with E-state index in [1.165, 1.54) is 0 Å². The summed E-state index contributed by atoms with van der Waals surface area (Å²) in [4.78, 5) is 0. The molecule has 0 amide bonds. The van der Waals surface area contributed by atoms with Gasteiger partial charge in [0.25, 0.3) is 0 Å². The lowest BCUT2D eigenvalue weighted by Crippen LogP contribution is -1.97. The van der Waals surface area contributed by atoms with Crippen molar-refractivity contribution in [3.63, 3.8) is 0 Å². The molecule has 7 heavy (non-hydrogen) atoms. The van der Waals surface area contributed by atoms with Gasteiger partial charge in [0.05, 0.1) is 0 Å². The minimum Gasteiger partial charge on any atom is -0.101 e. The van der Waals surface area contributed by atoms with E-state index in [2.05, 4.69) is 24.0 Å². The molecule has 1 atom stereocenters. The second-order valence-corrected chi connectivity index (χ2v) is 1.66. The fourth-order valence-electron chi connectivity index (χ4n) is 0.568. The van der Waals surface area contributed by atoms with E-state index >= 15 is 0 Å². The highest BCUT2D eigenvalue weighted by Crippen LogP contribution is 2.08. The standard InChI is InChI=1S/C7H8/c1-2-4-7-5-3-6-7/h2,4,7H,5H2,1H3. The number of hydrogen-bond acceptors (Lipinski definition) is 0. The van der Waals surface area contributed by atoms with E-state index in [-0.39, 0.29) is 0 Å². The molecule has 0 heterocycles. The Hall–Kier alpha value is -0.700. The van der Waals surface area contributed by atoms with E-state index in [1.807, 2.05) is 6.92 Å². The monoisotopic (exact) mass is 92.1 g/mol. The summed E-state index contributed by atoms with van der Waals surface area (Å²) in [7, 11) is 0. The van der Waals surface area contributed by atoms with Gasteiger partial charge in [-0.05, 0) is 6.92 Å². The highest BCUT2D eigenvalue weighted by molar-refractivity contribution is 5.22. The maximum atomic E-state index is 3.01. The lowest BCUT2D eigenvalue weighted by molar-refractivity contribution is 0.834. The molecular weight excluding hydrogens is 84.1 g/mol. The van der Waals surface area contributed by atoms with Crippen LogP contribution in [0.25, 0.3) is 0 Å². The molecule has 0 saturated carbocycles. The van der Waals surface area contributed by atoms with Crippen molar-refractivity contribution in [2.75, 3.05) is 0 Å². The van der Waals surface area contributed by atoms with Gasteiger partial charge in [-0.1, -0.05) is 18.1 Å². The molecular formula is C7H8. The molecule has 0 nitrogen and oxygen atoms in total. The van der Waals surface area contributed by atoms with Gasteiger partial charge in [0.1, 0.15) is 0 Å². The van der Waals surface area contributed by atoms with E-state index < -0.39 is 0 Å². The summed E-state index contributed by atoms with van der Waals surface area (Å²) < 4.78 is 0. The molecule has 1 aliphatic carbocycles. The lowest BCUT2D eigenvalue weighted by Gasteiger charge is -2.04. The van der Waals surface area contributed by atoms with Gasteiger partial charge in [0.2, 0.25) is 0 Å². The van der Waals surface area contributed by atoms with Crippen molar-refractivity contribution in [2.24, 2.45) is 5.92 Å². The molecule has 36 valence electrons. The van der Waals surface area contributed by atoms with Gasteiger partial charge in [-0.2, -0.15) is 0 Å². The molecule has 0 heteroatoms. The third-order valence-electron chi connectivity index (χ3n) is 1.03. The largest absolute Gasteiger partial charge is 0.101 e. The normalized spacial score (nSPS) is 26.1. The Morgan fingerprint density at radius 1 is 1.71 bits per heavy atom. The first-order chi connectivity index (χ1) is 3.43. The molecule has 0 aliphatic heterocycles. The third kappa shape index (κ3) is 0.838. The van der Waals surface area contributed by atoms with Crippen LogP contribution in [0.4, 0.5) is 0 Å². The van der Waals surface area contributed by atoms with Crippen LogP contribution in [-0.4, -0.2) is 0 Å². The third-order valence-corrected chi connectivity index (χ3v) is 1.03. The van der Waals surface area contributed by atoms with E-state index in [1.54, 1.807) is 0 Å². The summed E-state index contributed by atoms with van der Waals surface area (Å²) in [6, 6.07) is 0. The Kier molecular flexibility index (Phi) is 1.17. The number of allylic oxidation sites excluding steroid dienone is 2. The van der Waals surface area contributed by atoms with Crippen molar-refractivity contribution in [1.82, 2.24) is 0 Å². The van der Waals surface area contributed by atoms with Crippen molar-refractivity contribution in [3.05, 3.63) is 12.2 Å². The van der Waals surface area contributed by atoms with Crippen LogP contribution >= 0.6 is 0 Å². The van der Waals surface area contributed by atoms with Crippen LogP contribution < -0.4 is 0 Å². The Morgan fingerprint density at radius 2 is 2.43 bits per heavy atom. The smallest absolute Gasteiger partial charge is 0.0491 e. The summed E-state index contributed by atoms with van der Waals surface area (Å²) in [5.74, 6) is 6.54. The molecule has 0 saturated heterocycles. The Labute approximate surface area is 44.2 Å². The predicted octanol–water partition coefficient (Wildman–Crippen LogP) is 1.59. The predicted molar refractivity (Wildman–Crippen MR) is 30.7 cm³/mol. The van der Waals surface area contributed by atoms with Gasteiger partial charge >= 0.3 is 0 Å². The average molecular weight is 92.1 g/mol. The summed E-state index contributed by atoms with van der Waals surface area (Å²) in [5, 5.41) is 0. The molecule has 0 aromatic carbocycles. The summed E-state index contributed by atoms with van der Waals surface area (Å²) in [6.07, 6.45) is 5.26. The molecule has 0 aromatic heterocycles. The van der Waals surface area contributed by atoms with Gasteiger partial charge in [0, 0.05) is 12.3 Å². The first-order valence-corrected chi connectivity index (χ1v) is 2.54. The Bertz CT molecular complexity index is 132. The van der Waals surface area contributed by atoms with Crippen LogP contribution in [-0.2, 0) is 0 Å². The van der Waals surface area contributed by atoms with E-state index in [9.17, 15) is 0 Å². The van der Waals surface area contributed by atoms with Crippen LogP contribution in [0, 0.1) is 17.8 Å². The Balaban J connectivity index is 2.36. The zero-order chi connectivity index (χ0) is 5.11. The highest BCUT2D eigenvalue weighted by Gasteiger charge is 2.01. The fraction of sp³-hybridized carbons (Fsp3) is 0.429. The van der Waals surface area contributed by atoms with Gasteiger partial charge in [0.15, 0.2) is 0 Å². The molecule has 0 spiro atoms. The van der Waals surface area contributed by atoms with E-state index in [0.717, 1.165) is 6.42 Å². The van der Waals surface area contributed by atoms with Crippen LogP contribution in [0.1, 0.15) is 13.3 Å². The second kappa shape index (κ2) is 1.84. The minimum atomic E-state index is 0.588. The van der Waals surface area contributed by atoms with Crippen molar-refractivity contribution in [3.8, 4) is 11.8 Å². The van der Waals surface area contributed by atoms with Gasteiger partial charge in [-0.3, -0.25) is 0 Å². The maximum absolute atomic E-state index is 3.01. The molecule has 1 rings (SSSR count). The van der Waals surface area contributed by atoms with Crippen molar-refractivity contribution < 1.29 is 0 Å². The van der Waals surface area contributed by atoms with Crippen molar-refractivity contribution in [2.45, 2.75) is 13.3 Å². The molecule has 0 N–H and O–H groups in total. The highest BCUT2D eigenvalue weighted by atomic mass is 14.0. The van der Waals surface area contributed by atoms with Crippen LogP contribution in [0.3, 0.4) is 0 Å². The first-order valence-electron chi connectivity index (χ1n) is 2.54.